The first-order valence-electron chi connectivity index (χ1n) is 7.47. The molecule has 1 aromatic carbocycles. The third-order valence-electron chi connectivity index (χ3n) is 3.78. The zero-order chi connectivity index (χ0) is 16.5. The summed E-state index contributed by atoms with van der Waals surface area (Å²) in [6.45, 7) is 0.735. The Kier molecular flexibility index (Phi) is 4.19. The van der Waals surface area contributed by atoms with E-state index in [0.717, 1.165) is 29.4 Å². The van der Waals surface area contributed by atoms with Crippen molar-refractivity contribution in [2.75, 3.05) is 23.9 Å². The van der Waals surface area contributed by atoms with Crippen LogP contribution in [0.4, 0.5) is 5.95 Å². The van der Waals surface area contributed by atoms with Gasteiger partial charge in [-0.2, -0.15) is 4.98 Å². The number of H-pyrrole nitrogens is 1. The van der Waals surface area contributed by atoms with Crippen LogP contribution in [0.5, 0.6) is 5.75 Å². The lowest BCUT2D eigenvalue weighted by Crippen LogP contribution is -2.27. The molecule has 24 heavy (non-hydrogen) atoms. The fraction of sp³-hybridized carbons (Fsp3) is 0.333. The van der Waals surface area contributed by atoms with Crippen LogP contribution in [-0.2, 0) is 11.2 Å². The van der Waals surface area contributed by atoms with Gasteiger partial charge in [0.25, 0.3) is 5.91 Å². The minimum absolute atomic E-state index is 0.175. The lowest BCUT2D eigenvalue weighted by molar-refractivity contribution is -0.116. The molecular weight excluding hydrogens is 346 g/mol. The summed E-state index contributed by atoms with van der Waals surface area (Å²) in [6, 6.07) is 5.66. The van der Waals surface area contributed by atoms with Gasteiger partial charge in [-0.15, -0.1) is 16.9 Å². The van der Waals surface area contributed by atoms with E-state index in [2.05, 4.69) is 31.6 Å². The molecule has 1 unspecified atom stereocenters. The SMILES string of the molecule is CSc1n[nH]c(NC(=O)C2CSC(c3ccc4c(c3)CCO4)=N2)n1. The maximum Gasteiger partial charge on any atom is 0.252 e. The molecule has 3 heterocycles. The molecule has 2 aliphatic heterocycles. The summed E-state index contributed by atoms with van der Waals surface area (Å²) in [7, 11) is 0. The average Bonchev–Trinajstić information content (AvgIpc) is 3.33. The summed E-state index contributed by atoms with van der Waals surface area (Å²) in [5.41, 5.74) is 2.25. The standard InChI is InChI=1S/C15H15N5O2S2/c1-23-15-18-14(19-20-15)17-12(21)10-7-24-13(16-10)9-2-3-11-8(6-9)4-5-22-11/h2-3,6,10H,4-5,7H2,1H3,(H2,17,18,19,20,21). The van der Waals surface area contributed by atoms with Crippen molar-refractivity contribution in [1.82, 2.24) is 15.2 Å². The second-order valence-electron chi connectivity index (χ2n) is 5.34. The third-order valence-corrected chi connectivity index (χ3v) is 5.42. The molecular formula is C15H15N5O2S2. The monoisotopic (exact) mass is 361 g/mol. The van der Waals surface area contributed by atoms with Crippen LogP contribution < -0.4 is 10.1 Å². The van der Waals surface area contributed by atoms with Crippen molar-refractivity contribution in [3.05, 3.63) is 29.3 Å². The zero-order valence-corrected chi connectivity index (χ0v) is 14.5. The molecule has 0 spiro atoms. The van der Waals surface area contributed by atoms with E-state index in [0.29, 0.717) is 16.9 Å². The number of benzene rings is 1. The molecule has 0 radical (unpaired) electrons. The molecule has 4 rings (SSSR count). The van der Waals surface area contributed by atoms with Gasteiger partial charge in [0, 0.05) is 17.7 Å². The van der Waals surface area contributed by atoms with Gasteiger partial charge in [0.1, 0.15) is 11.8 Å². The topological polar surface area (TPSA) is 92.3 Å². The van der Waals surface area contributed by atoms with E-state index in [4.69, 9.17) is 4.74 Å². The zero-order valence-electron chi connectivity index (χ0n) is 12.9. The van der Waals surface area contributed by atoms with Gasteiger partial charge in [0.05, 0.1) is 11.7 Å². The van der Waals surface area contributed by atoms with Crippen LogP contribution in [0, 0.1) is 0 Å². The van der Waals surface area contributed by atoms with Gasteiger partial charge in [0.2, 0.25) is 11.1 Å². The Hall–Kier alpha value is -2.00. The fourth-order valence-electron chi connectivity index (χ4n) is 2.58. The van der Waals surface area contributed by atoms with Crippen molar-refractivity contribution in [3.8, 4) is 5.75 Å². The fourth-order valence-corrected chi connectivity index (χ4v) is 3.94. The summed E-state index contributed by atoms with van der Waals surface area (Å²) < 4.78 is 5.52. The highest BCUT2D eigenvalue weighted by Gasteiger charge is 2.27. The molecule has 9 heteroatoms. The van der Waals surface area contributed by atoms with E-state index in [-0.39, 0.29) is 5.91 Å². The summed E-state index contributed by atoms with van der Waals surface area (Å²) in [5, 5.41) is 10.9. The first kappa shape index (κ1) is 15.5. The number of nitrogens with zero attached hydrogens (tertiary/aromatic N) is 3. The van der Waals surface area contributed by atoms with Crippen LogP contribution in [0.1, 0.15) is 11.1 Å². The maximum atomic E-state index is 12.3. The number of aromatic amines is 1. The van der Waals surface area contributed by atoms with E-state index in [1.54, 1.807) is 11.8 Å². The van der Waals surface area contributed by atoms with Crippen LogP contribution in [0.15, 0.2) is 28.3 Å². The third kappa shape index (κ3) is 3.01. The van der Waals surface area contributed by atoms with E-state index in [1.165, 1.54) is 17.3 Å². The van der Waals surface area contributed by atoms with Crippen LogP contribution in [0.25, 0.3) is 0 Å². The van der Waals surface area contributed by atoms with E-state index >= 15 is 0 Å². The van der Waals surface area contributed by atoms with Crippen molar-refractivity contribution in [1.29, 1.82) is 0 Å². The molecule has 0 aliphatic carbocycles. The molecule has 1 atom stereocenters. The van der Waals surface area contributed by atoms with E-state index in [1.807, 2.05) is 18.4 Å². The summed E-state index contributed by atoms with van der Waals surface area (Å²) >= 11 is 3.01. The van der Waals surface area contributed by atoms with Gasteiger partial charge < -0.3 is 4.74 Å². The lowest BCUT2D eigenvalue weighted by atomic mass is 10.1. The highest BCUT2D eigenvalue weighted by atomic mass is 32.2. The maximum absolute atomic E-state index is 12.3. The number of thioether (sulfide) groups is 2. The molecule has 2 N–H and O–H groups in total. The number of hydrogen-bond acceptors (Lipinski definition) is 7. The Balaban J connectivity index is 1.47. The van der Waals surface area contributed by atoms with Gasteiger partial charge in [-0.25, -0.2) is 5.10 Å². The first-order valence-corrected chi connectivity index (χ1v) is 9.68. The number of amides is 1. The van der Waals surface area contributed by atoms with Crippen molar-refractivity contribution < 1.29 is 9.53 Å². The molecule has 2 aromatic rings. The Morgan fingerprint density at radius 2 is 2.42 bits per heavy atom. The van der Waals surface area contributed by atoms with Gasteiger partial charge in [-0.3, -0.25) is 15.1 Å². The Bertz CT molecular complexity index is 820. The molecule has 2 aliphatic rings. The number of rotatable bonds is 4. The van der Waals surface area contributed by atoms with Crippen LogP contribution >= 0.6 is 23.5 Å². The number of fused-ring (bicyclic) bond motifs is 1. The minimum atomic E-state index is -0.419. The number of aromatic nitrogens is 3. The molecule has 124 valence electrons. The van der Waals surface area contributed by atoms with Crippen LogP contribution in [-0.4, -0.2) is 50.8 Å². The van der Waals surface area contributed by atoms with Gasteiger partial charge in [0.15, 0.2) is 0 Å². The van der Waals surface area contributed by atoms with E-state index < -0.39 is 6.04 Å². The predicted octanol–water partition coefficient (Wildman–Crippen LogP) is 1.96. The van der Waals surface area contributed by atoms with Gasteiger partial charge >= 0.3 is 0 Å². The normalized spacial score (nSPS) is 18.9. The highest BCUT2D eigenvalue weighted by molar-refractivity contribution is 8.14. The van der Waals surface area contributed by atoms with Gasteiger partial charge in [-0.05, 0) is 30.0 Å². The number of ether oxygens (including phenoxy) is 1. The second-order valence-corrected chi connectivity index (χ2v) is 7.12. The predicted molar refractivity (Wildman–Crippen MR) is 95.2 cm³/mol. The highest BCUT2D eigenvalue weighted by Crippen LogP contribution is 2.30. The Morgan fingerprint density at radius 3 is 3.25 bits per heavy atom. The molecule has 0 bridgehead atoms. The van der Waals surface area contributed by atoms with Crippen molar-refractivity contribution in [2.24, 2.45) is 4.99 Å². The number of anilines is 1. The smallest absolute Gasteiger partial charge is 0.252 e. The van der Waals surface area contributed by atoms with Crippen LogP contribution in [0.3, 0.4) is 0 Å². The Morgan fingerprint density at radius 1 is 1.50 bits per heavy atom. The molecule has 0 fully saturated rings. The number of carbonyl (C=O) groups excluding carboxylic acids is 1. The summed E-state index contributed by atoms with van der Waals surface area (Å²) in [4.78, 5) is 21.0. The molecule has 7 nitrogen and oxygen atoms in total. The first-order chi connectivity index (χ1) is 11.7. The van der Waals surface area contributed by atoms with Gasteiger partial charge in [-0.1, -0.05) is 11.8 Å². The Labute approximate surface area is 147 Å². The molecule has 1 amide bonds. The molecule has 0 saturated heterocycles. The van der Waals surface area contributed by atoms with Crippen molar-refractivity contribution >= 4 is 40.4 Å². The number of carbonyl (C=O) groups is 1. The number of aliphatic imine (C=N–C) groups is 1. The largest absolute Gasteiger partial charge is 0.493 e. The lowest BCUT2D eigenvalue weighted by Gasteiger charge is -2.04. The summed E-state index contributed by atoms with van der Waals surface area (Å²) in [6.07, 6.45) is 2.80. The quantitative estimate of drug-likeness (QED) is 0.809. The van der Waals surface area contributed by atoms with E-state index in [9.17, 15) is 4.79 Å². The summed E-state index contributed by atoms with van der Waals surface area (Å²) in [5.74, 6) is 1.75. The van der Waals surface area contributed by atoms with Crippen LogP contribution in [0.2, 0.25) is 0 Å². The average molecular weight is 361 g/mol. The molecule has 1 aromatic heterocycles. The van der Waals surface area contributed by atoms with Crippen molar-refractivity contribution in [2.45, 2.75) is 17.6 Å². The number of hydrogen-bond donors (Lipinski definition) is 2. The second kappa shape index (κ2) is 6.48. The minimum Gasteiger partial charge on any atom is -0.493 e. The number of nitrogens with one attached hydrogen (secondary N) is 2. The van der Waals surface area contributed by atoms with Crippen molar-refractivity contribution in [3.63, 3.8) is 0 Å². The molecule has 0 saturated carbocycles.